The minimum Gasteiger partial charge on any atom is -0.353 e. The SMILES string of the molecule is Cc1ccc(Cc2c(C)nc(C)nc2N2CCN(C(=O)c3cc(C(F)(F)F)cc(C(F)(F)F)c3)CC2)cc1. The van der Waals surface area contributed by atoms with Gasteiger partial charge in [0.25, 0.3) is 5.91 Å². The summed E-state index contributed by atoms with van der Waals surface area (Å²) in [7, 11) is 0. The number of aromatic nitrogens is 2. The van der Waals surface area contributed by atoms with Gasteiger partial charge in [-0.15, -0.1) is 0 Å². The summed E-state index contributed by atoms with van der Waals surface area (Å²) in [6, 6.07) is 9.05. The molecule has 0 spiro atoms. The Morgan fingerprint density at radius 2 is 1.37 bits per heavy atom. The van der Waals surface area contributed by atoms with E-state index in [2.05, 4.69) is 9.97 Å². The van der Waals surface area contributed by atoms with Gasteiger partial charge in [-0.25, -0.2) is 9.97 Å². The third kappa shape index (κ3) is 6.08. The molecule has 0 N–H and O–H groups in total. The number of amides is 1. The number of halogens is 6. The van der Waals surface area contributed by atoms with E-state index in [0.717, 1.165) is 22.4 Å². The van der Waals surface area contributed by atoms with Gasteiger partial charge in [-0.2, -0.15) is 26.3 Å². The lowest BCUT2D eigenvalue weighted by Crippen LogP contribution is -2.49. The Bertz CT molecular complexity index is 1290. The normalized spacial score (nSPS) is 14.7. The number of piperazine rings is 1. The van der Waals surface area contributed by atoms with Crippen LogP contribution in [0.4, 0.5) is 32.2 Å². The lowest BCUT2D eigenvalue weighted by Gasteiger charge is -2.36. The zero-order valence-corrected chi connectivity index (χ0v) is 21.0. The summed E-state index contributed by atoms with van der Waals surface area (Å²) in [6.45, 7) is 6.52. The van der Waals surface area contributed by atoms with Crippen molar-refractivity contribution in [2.75, 3.05) is 31.1 Å². The number of alkyl halides is 6. The van der Waals surface area contributed by atoms with E-state index in [1.807, 2.05) is 43.0 Å². The lowest BCUT2D eigenvalue weighted by molar-refractivity contribution is -0.143. The first-order valence-electron chi connectivity index (χ1n) is 12.0. The molecule has 202 valence electrons. The second kappa shape index (κ2) is 10.3. The Labute approximate surface area is 216 Å². The zero-order chi connectivity index (χ0) is 27.8. The molecule has 3 aromatic rings. The number of benzene rings is 2. The summed E-state index contributed by atoms with van der Waals surface area (Å²) < 4.78 is 79.5. The highest BCUT2D eigenvalue weighted by molar-refractivity contribution is 5.95. The smallest absolute Gasteiger partial charge is 0.353 e. The Hall–Kier alpha value is -3.63. The van der Waals surface area contributed by atoms with Gasteiger partial charge in [-0.3, -0.25) is 4.79 Å². The average molecular weight is 537 g/mol. The van der Waals surface area contributed by atoms with Crippen LogP contribution in [0, 0.1) is 20.8 Å². The van der Waals surface area contributed by atoms with Crippen molar-refractivity contribution in [2.45, 2.75) is 39.5 Å². The maximum absolute atomic E-state index is 13.2. The Morgan fingerprint density at radius 3 is 1.89 bits per heavy atom. The Balaban J connectivity index is 1.56. The van der Waals surface area contributed by atoms with Crippen molar-refractivity contribution >= 4 is 11.7 Å². The average Bonchev–Trinajstić information content (AvgIpc) is 2.85. The molecule has 1 amide bonds. The van der Waals surface area contributed by atoms with E-state index < -0.39 is 35.0 Å². The van der Waals surface area contributed by atoms with E-state index in [9.17, 15) is 31.1 Å². The standard InChI is InChI=1S/C27H26F6N4O/c1-16-4-6-19(7-5-16)12-23-17(2)34-18(3)35-24(23)36-8-10-37(11-9-36)25(38)20-13-21(26(28,29)30)15-22(14-20)27(31,32)33/h4-7,13-15H,8-12H2,1-3H3. The molecular weight excluding hydrogens is 510 g/mol. The number of carbonyl (C=O) groups excluding carboxylic acids is 1. The summed E-state index contributed by atoms with van der Waals surface area (Å²) in [5, 5.41) is 0. The number of nitrogens with zero attached hydrogens (tertiary/aromatic N) is 4. The highest BCUT2D eigenvalue weighted by atomic mass is 19.4. The van der Waals surface area contributed by atoms with Crippen LogP contribution >= 0.6 is 0 Å². The van der Waals surface area contributed by atoms with E-state index in [1.165, 1.54) is 4.90 Å². The van der Waals surface area contributed by atoms with E-state index in [0.29, 0.717) is 43.3 Å². The van der Waals surface area contributed by atoms with Crippen LogP contribution in [0.3, 0.4) is 0 Å². The molecular formula is C27H26F6N4O. The minimum atomic E-state index is -5.02. The molecule has 0 atom stereocenters. The summed E-state index contributed by atoms with van der Waals surface area (Å²) >= 11 is 0. The van der Waals surface area contributed by atoms with E-state index >= 15 is 0 Å². The molecule has 11 heteroatoms. The predicted molar refractivity (Wildman–Crippen MR) is 130 cm³/mol. The van der Waals surface area contributed by atoms with Crippen molar-refractivity contribution in [3.63, 3.8) is 0 Å². The van der Waals surface area contributed by atoms with Crippen molar-refractivity contribution in [3.05, 3.63) is 87.4 Å². The monoisotopic (exact) mass is 536 g/mol. The fraction of sp³-hybridized carbons (Fsp3) is 0.370. The van der Waals surface area contributed by atoms with Gasteiger partial charge in [0.15, 0.2) is 0 Å². The van der Waals surface area contributed by atoms with E-state index in [-0.39, 0.29) is 19.2 Å². The van der Waals surface area contributed by atoms with Crippen LogP contribution in [-0.4, -0.2) is 47.0 Å². The van der Waals surface area contributed by atoms with Gasteiger partial charge < -0.3 is 9.80 Å². The molecule has 0 bridgehead atoms. The molecule has 2 heterocycles. The first-order chi connectivity index (χ1) is 17.7. The number of carbonyl (C=O) groups is 1. The predicted octanol–water partition coefficient (Wildman–Crippen LogP) is 5.99. The molecule has 1 aromatic heterocycles. The Kier molecular flexibility index (Phi) is 7.40. The second-order valence-corrected chi connectivity index (χ2v) is 9.39. The van der Waals surface area contributed by atoms with Crippen molar-refractivity contribution < 1.29 is 31.1 Å². The fourth-order valence-electron chi connectivity index (χ4n) is 4.48. The maximum atomic E-state index is 13.2. The third-order valence-electron chi connectivity index (χ3n) is 6.51. The highest BCUT2D eigenvalue weighted by Gasteiger charge is 2.38. The molecule has 0 radical (unpaired) electrons. The molecule has 0 saturated carbocycles. The van der Waals surface area contributed by atoms with Gasteiger partial charge >= 0.3 is 12.4 Å². The zero-order valence-electron chi connectivity index (χ0n) is 21.0. The number of anilines is 1. The van der Waals surface area contributed by atoms with Gasteiger partial charge in [0.05, 0.1) is 11.1 Å². The van der Waals surface area contributed by atoms with Gasteiger partial charge in [0.2, 0.25) is 0 Å². The fourth-order valence-corrected chi connectivity index (χ4v) is 4.48. The Morgan fingerprint density at radius 1 is 0.816 bits per heavy atom. The molecule has 2 aromatic carbocycles. The molecule has 1 aliphatic heterocycles. The van der Waals surface area contributed by atoms with E-state index in [4.69, 9.17) is 0 Å². The van der Waals surface area contributed by atoms with Crippen LogP contribution in [-0.2, 0) is 18.8 Å². The van der Waals surface area contributed by atoms with Crippen LogP contribution in [0.15, 0.2) is 42.5 Å². The van der Waals surface area contributed by atoms with Crippen LogP contribution in [0.2, 0.25) is 0 Å². The first kappa shape index (κ1) is 27.4. The van der Waals surface area contributed by atoms with Crippen LogP contribution in [0.25, 0.3) is 0 Å². The minimum absolute atomic E-state index is 0.0179. The van der Waals surface area contributed by atoms with Crippen molar-refractivity contribution in [2.24, 2.45) is 0 Å². The summed E-state index contributed by atoms with van der Waals surface area (Å²) in [5.74, 6) is 0.407. The molecule has 1 fully saturated rings. The van der Waals surface area contributed by atoms with Gasteiger partial charge in [0.1, 0.15) is 11.6 Å². The molecule has 5 nitrogen and oxygen atoms in total. The van der Waals surface area contributed by atoms with Gasteiger partial charge in [-0.05, 0) is 44.5 Å². The molecule has 38 heavy (non-hydrogen) atoms. The van der Waals surface area contributed by atoms with Crippen LogP contribution < -0.4 is 4.90 Å². The quantitative estimate of drug-likeness (QED) is 0.385. The maximum Gasteiger partial charge on any atom is 0.416 e. The molecule has 0 aliphatic carbocycles. The molecule has 0 unspecified atom stereocenters. The van der Waals surface area contributed by atoms with Gasteiger partial charge in [0, 0.05) is 49.4 Å². The largest absolute Gasteiger partial charge is 0.416 e. The first-order valence-corrected chi connectivity index (χ1v) is 12.0. The number of aryl methyl sites for hydroxylation is 3. The van der Waals surface area contributed by atoms with Crippen molar-refractivity contribution in [3.8, 4) is 0 Å². The molecule has 1 aliphatic rings. The van der Waals surface area contributed by atoms with E-state index in [1.54, 1.807) is 6.92 Å². The second-order valence-electron chi connectivity index (χ2n) is 9.39. The topological polar surface area (TPSA) is 49.3 Å². The highest BCUT2D eigenvalue weighted by Crippen LogP contribution is 2.36. The van der Waals surface area contributed by atoms with Gasteiger partial charge in [-0.1, -0.05) is 29.8 Å². The summed E-state index contributed by atoms with van der Waals surface area (Å²) in [5.41, 5.74) is 0.279. The summed E-state index contributed by atoms with van der Waals surface area (Å²) in [6.07, 6.45) is -9.46. The van der Waals surface area contributed by atoms with Crippen LogP contribution in [0.1, 0.15) is 49.7 Å². The molecule has 1 saturated heterocycles. The van der Waals surface area contributed by atoms with Crippen molar-refractivity contribution in [1.29, 1.82) is 0 Å². The number of rotatable bonds is 4. The third-order valence-corrected chi connectivity index (χ3v) is 6.51. The van der Waals surface area contributed by atoms with Crippen LogP contribution in [0.5, 0.6) is 0 Å². The lowest BCUT2D eigenvalue weighted by atomic mass is 10.0. The molecule has 4 rings (SSSR count). The number of hydrogen-bond donors (Lipinski definition) is 0. The number of hydrogen-bond acceptors (Lipinski definition) is 4. The summed E-state index contributed by atoms with van der Waals surface area (Å²) in [4.78, 5) is 25.4. The van der Waals surface area contributed by atoms with Crippen molar-refractivity contribution in [1.82, 2.24) is 14.9 Å².